The van der Waals surface area contributed by atoms with Crippen molar-refractivity contribution in [2.45, 2.75) is 45.7 Å². The summed E-state index contributed by atoms with van der Waals surface area (Å²) in [7, 11) is 2.20. The first-order chi connectivity index (χ1) is 9.38. The zero-order valence-electron chi connectivity index (χ0n) is 12.9. The molecule has 0 heterocycles. The molecule has 1 aromatic carbocycles. The highest BCUT2D eigenvalue weighted by atomic mass is 79.9. The first-order valence-corrected chi connectivity index (χ1v) is 8.36. The van der Waals surface area contributed by atoms with E-state index in [2.05, 4.69) is 66.0 Å². The van der Waals surface area contributed by atoms with E-state index in [-0.39, 0.29) is 0 Å². The molecule has 2 N–H and O–H groups in total. The zero-order chi connectivity index (χ0) is 14.8. The Morgan fingerprint density at radius 3 is 2.85 bits per heavy atom. The lowest BCUT2D eigenvalue weighted by atomic mass is 9.68. The standard InChI is InChI=1S/C17H27BrN2/c1-17(2)9-5-7-14(16(17)19)12-20(3)11-13-6-4-8-15(18)10-13/h4,6,8,10,14,16H,5,7,9,11-12,19H2,1-3H3. The average Bonchev–Trinajstić information content (AvgIpc) is 2.35. The molecule has 1 saturated carbocycles. The van der Waals surface area contributed by atoms with Crippen molar-refractivity contribution in [2.75, 3.05) is 13.6 Å². The number of benzene rings is 1. The fourth-order valence-corrected chi connectivity index (χ4v) is 3.87. The molecule has 20 heavy (non-hydrogen) atoms. The summed E-state index contributed by atoms with van der Waals surface area (Å²) < 4.78 is 1.15. The van der Waals surface area contributed by atoms with Crippen LogP contribution in [0, 0.1) is 11.3 Å². The molecular formula is C17H27BrN2. The molecule has 2 unspecified atom stereocenters. The van der Waals surface area contributed by atoms with Crippen LogP contribution in [0.25, 0.3) is 0 Å². The van der Waals surface area contributed by atoms with Gasteiger partial charge in [-0.05, 0) is 48.9 Å². The third-order valence-corrected chi connectivity index (χ3v) is 5.19. The van der Waals surface area contributed by atoms with E-state index in [1.807, 2.05) is 0 Å². The van der Waals surface area contributed by atoms with Crippen LogP contribution < -0.4 is 5.73 Å². The van der Waals surface area contributed by atoms with Gasteiger partial charge in [-0.25, -0.2) is 0 Å². The topological polar surface area (TPSA) is 29.3 Å². The van der Waals surface area contributed by atoms with Gasteiger partial charge in [0, 0.05) is 23.6 Å². The van der Waals surface area contributed by atoms with E-state index >= 15 is 0 Å². The summed E-state index contributed by atoms with van der Waals surface area (Å²) in [5.41, 5.74) is 8.13. The van der Waals surface area contributed by atoms with Crippen LogP contribution in [0.4, 0.5) is 0 Å². The van der Waals surface area contributed by atoms with Crippen molar-refractivity contribution in [3.05, 3.63) is 34.3 Å². The summed E-state index contributed by atoms with van der Waals surface area (Å²) in [4.78, 5) is 2.41. The Morgan fingerprint density at radius 2 is 2.15 bits per heavy atom. The third kappa shape index (κ3) is 4.06. The van der Waals surface area contributed by atoms with Crippen LogP contribution in [-0.2, 0) is 6.54 Å². The highest BCUT2D eigenvalue weighted by Gasteiger charge is 2.36. The first-order valence-electron chi connectivity index (χ1n) is 7.57. The van der Waals surface area contributed by atoms with Crippen molar-refractivity contribution in [1.82, 2.24) is 4.90 Å². The van der Waals surface area contributed by atoms with Gasteiger partial charge < -0.3 is 10.6 Å². The minimum Gasteiger partial charge on any atom is -0.327 e. The Kier molecular flexibility index (Phi) is 5.27. The predicted molar refractivity (Wildman–Crippen MR) is 89.6 cm³/mol. The molecule has 0 aliphatic heterocycles. The van der Waals surface area contributed by atoms with Gasteiger partial charge in [-0.1, -0.05) is 48.3 Å². The number of hydrogen-bond donors (Lipinski definition) is 1. The quantitative estimate of drug-likeness (QED) is 0.897. The maximum absolute atomic E-state index is 6.49. The average molecular weight is 339 g/mol. The lowest BCUT2D eigenvalue weighted by Gasteiger charge is -2.43. The lowest BCUT2D eigenvalue weighted by Crippen LogP contribution is -2.49. The van der Waals surface area contributed by atoms with Crippen molar-refractivity contribution >= 4 is 15.9 Å². The van der Waals surface area contributed by atoms with Gasteiger partial charge in [0.15, 0.2) is 0 Å². The van der Waals surface area contributed by atoms with E-state index in [0.717, 1.165) is 17.6 Å². The van der Waals surface area contributed by atoms with Gasteiger partial charge in [0.1, 0.15) is 0 Å². The molecule has 0 aromatic heterocycles. The van der Waals surface area contributed by atoms with Gasteiger partial charge in [-0.3, -0.25) is 0 Å². The molecule has 1 fully saturated rings. The Labute approximate surface area is 131 Å². The van der Waals surface area contributed by atoms with Gasteiger partial charge in [0.2, 0.25) is 0 Å². The van der Waals surface area contributed by atoms with Crippen LogP contribution >= 0.6 is 15.9 Å². The SMILES string of the molecule is CN(Cc1cccc(Br)c1)CC1CCCC(C)(C)C1N. The summed E-state index contributed by atoms with van der Waals surface area (Å²) in [5, 5.41) is 0. The molecule has 0 bridgehead atoms. The van der Waals surface area contributed by atoms with Crippen LogP contribution in [0.2, 0.25) is 0 Å². The Hall–Kier alpha value is -0.380. The van der Waals surface area contributed by atoms with Crippen LogP contribution in [-0.4, -0.2) is 24.5 Å². The summed E-state index contributed by atoms with van der Waals surface area (Å²) >= 11 is 3.54. The predicted octanol–water partition coefficient (Wildman–Crippen LogP) is 4.03. The van der Waals surface area contributed by atoms with E-state index in [0.29, 0.717) is 17.4 Å². The van der Waals surface area contributed by atoms with Crippen LogP contribution in [0.3, 0.4) is 0 Å². The molecule has 2 nitrogen and oxygen atoms in total. The summed E-state index contributed by atoms with van der Waals surface area (Å²) in [5.74, 6) is 0.621. The Morgan fingerprint density at radius 1 is 1.40 bits per heavy atom. The number of nitrogens with two attached hydrogens (primary N) is 1. The second-order valence-electron chi connectivity index (χ2n) is 6.99. The normalized spacial score (nSPS) is 25.9. The Balaban J connectivity index is 1.92. The highest BCUT2D eigenvalue weighted by molar-refractivity contribution is 9.10. The minimum atomic E-state index is 0.291. The van der Waals surface area contributed by atoms with Crippen LogP contribution in [0.1, 0.15) is 38.7 Å². The van der Waals surface area contributed by atoms with Crippen molar-refractivity contribution in [1.29, 1.82) is 0 Å². The molecule has 2 rings (SSSR count). The fraction of sp³-hybridized carbons (Fsp3) is 0.647. The van der Waals surface area contributed by atoms with E-state index in [9.17, 15) is 0 Å². The van der Waals surface area contributed by atoms with Gasteiger partial charge >= 0.3 is 0 Å². The van der Waals surface area contributed by atoms with Crippen LogP contribution in [0.15, 0.2) is 28.7 Å². The van der Waals surface area contributed by atoms with E-state index in [4.69, 9.17) is 5.73 Å². The lowest BCUT2D eigenvalue weighted by molar-refractivity contribution is 0.109. The van der Waals surface area contributed by atoms with Crippen molar-refractivity contribution in [3.63, 3.8) is 0 Å². The number of nitrogens with zero attached hydrogens (tertiary/aromatic N) is 1. The van der Waals surface area contributed by atoms with Crippen molar-refractivity contribution < 1.29 is 0 Å². The fourth-order valence-electron chi connectivity index (χ4n) is 3.42. The van der Waals surface area contributed by atoms with Crippen LogP contribution in [0.5, 0.6) is 0 Å². The monoisotopic (exact) mass is 338 g/mol. The van der Waals surface area contributed by atoms with E-state index in [1.165, 1.54) is 24.8 Å². The molecule has 1 aromatic rings. The Bertz CT molecular complexity index is 444. The summed E-state index contributed by atoms with van der Waals surface area (Å²) in [6.45, 7) is 6.72. The molecule has 1 aliphatic carbocycles. The largest absolute Gasteiger partial charge is 0.327 e. The van der Waals surface area contributed by atoms with Gasteiger partial charge in [0.05, 0.1) is 0 Å². The highest BCUT2D eigenvalue weighted by Crippen LogP contribution is 2.38. The molecule has 0 spiro atoms. The molecule has 3 heteroatoms. The molecule has 0 amide bonds. The van der Waals surface area contributed by atoms with Crippen molar-refractivity contribution in [2.24, 2.45) is 17.1 Å². The van der Waals surface area contributed by atoms with Crippen molar-refractivity contribution in [3.8, 4) is 0 Å². The molecule has 112 valence electrons. The molecule has 0 radical (unpaired) electrons. The molecule has 0 saturated heterocycles. The second kappa shape index (κ2) is 6.59. The molecule has 1 aliphatic rings. The minimum absolute atomic E-state index is 0.291. The zero-order valence-corrected chi connectivity index (χ0v) is 14.5. The molecule has 2 atom stereocenters. The second-order valence-corrected chi connectivity index (χ2v) is 7.91. The summed E-state index contributed by atoms with van der Waals surface area (Å²) in [6.07, 6.45) is 3.85. The number of hydrogen-bond acceptors (Lipinski definition) is 2. The first kappa shape index (κ1) is 16.0. The van der Waals surface area contributed by atoms with E-state index in [1.54, 1.807) is 0 Å². The maximum atomic E-state index is 6.49. The third-order valence-electron chi connectivity index (χ3n) is 4.69. The van der Waals surface area contributed by atoms with Gasteiger partial charge in [-0.2, -0.15) is 0 Å². The smallest absolute Gasteiger partial charge is 0.0231 e. The summed E-state index contributed by atoms with van der Waals surface area (Å²) in [6, 6.07) is 8.88. The number of halogens is 1. The van der Waals surface area contributed by atoms with E-state index < -0.39 is 0 Å². The van der Waals surface area contributed by atoms with Gasteiger partial charge in [0.25, 0.3) is 0 Å². The maximum Gasteiger partial charge on any atom is 0.0231 e. The molecular weight excluding hydrogens is 312 g/mol. The number of rotatable bonds is 4. The van der Waals surface area contributed by atoms with Gasteiger partial charge in [-0.15, -0.1) is 0 Å².